The minimum Gasteiger partial charge on any atom is -0.390 e. The number of pyridine rings is 1. The zero-order chi connectivity index (χ0) is 10.5. The Balaban J connectivity index is 1.93. The van der Waals surface area contributed by atoms with E-state index in [4.69, 9.17) is 0 Å². The lowest BCUT2D eigenvalue weighted by Crippen LogP contribution is -2.32. The van der Waals surface area contributed by atoms with Crippen LogP contribution < -0.4 is 5.32 Å². The van der Waals surface area contributed by atoms with E-state index in [0.717, 1.165) is 26.2 Å². The average Bonchev–Trinajstić information content (AvgIpc) is 2.44. The molecule has 0 amide bonds. The number of β-amino-alcohol motifs (C(OH)–C–C–N with tert-alkyl or cyclic N) is 1. The molecule has 15 heavy (non-hydrogen) atoms. The molecule has 0 radical (unpaired) electrons. The first-order valence-electron chi connectivity index (χ1n) is 5.34. The van der Waals surface area contributed by atoms with Crippen molar-refractivity contribution in [3.05, 3.63) is 30.1 Å². The molecule has 1 aromatic rings. The van der Waals surface area contributed by atoms with Crippen molar-refractivity contribution in [2.45, 2.75) is 12.6 Å². The van der Waals surface area contributed by atoms with Crippen LogP contribution in [0.3, 0.4) is 0 Å². The fourth-order valence-corrected chi connectivity index (χ4v) is 1.85. The van der Waals surface area contributed by atoms with E-state index in [1.54, 1.807) is 0 Å². The Kier molecular flexibility index (Phi) is 3.66. The average molecular weight is 207 g/mol. The summed E-state index contributed by atoms with van der Waals surface area (Å²) in [4.78, 5) is 6.26. The first kappa shape index (κ1) is 10.5. The minimum absolute atomic E-state index is 0.255. The smallest absolute Gasteiger partial charge is 0.0791 e. The van der Waals surface area contributed by atoms with E-state index in [2.05, 4.69) is 15.2 Å². The van der Waals surface area contributed by atoms with Crippen molar-refractivity contribution in [3.63, 3.8) is 0 Å². The fourth-order valence-electron chi connectivity index (χ4n) is 1.85. The second kappa shape index (κ2) is 5.21. The lowest BCUT2D eigenvalue weighted by atomic mass is 10.2. The minimum atomic E-state index is -0.255. The molecule has 0 saturated carbocycles. The molecule has 4 nitrogen and oxygen atoms in total. The summed E-state index contributed by atoms with van der Waals surface area (Å²) in [7, 11) is 0. The Morgan fingerprint density at radius 2 is 2.27 bits per heavy atom. The number of aliphatic hydroxyl groups excluding tert-OH is 1. The molecule has 1 fully saturated rings. The van der Waals surface area contributed by atoms with E-state index >= 15 is 0 Å². The third-order valence-corrected chi connectivity index (χ3v) is 2.61. The first-order valence-corrected chi connectivity index (χ1v) is 5.34. The van der Waals surface area contributed by atoms with Crippen LogP contribution in [0.4, 0.5) is 0 Å². The van der Waals surface area contributed by atoms with Gasteiger partial charge in [-0.25, -0.2) is 0 Å². The van der Waals surface area contributed by atoms with Crippen molar-refractivity contribution in [1.82, 2.24) is 15.2 Å². The predicted octanol–water partition coefficient (Wildman–Crippen LogP) is -0.152. The number of nitrogens with zero attached hydrogens (tertiary/aromatic N) is 2. The normalized spacial score (nSPS) is 23.7. The van der Waals surface area contributed by atoms with Gasteiger partial charge in [0.25, 0.3) is 0 Å². The number of rotatable bonds is 2. The van der Waals surface area contributed by atoms with E-state index < -0.39 is 0 Å². The molecule has 1 aliphatic rings. The standard InChI is InChI=1S/C11H17N3O/c15-11-7-13-5-6-14(9-11)8-10-1-3-12-4-2-10/h1-4,11,13,15H,5-9H2. The van der Waals surface area contributed by atoms with Crippen LogP contribution in [0.1, 0.15) is 5.56 Å². The summed E-state index contributed by atoms with van der Waals surface area (Å²) < 4.78 is 0. The van der Waals surface area contributed by atoms with E-state index in [9.17, 15) is 5.11 Å². The molecule has 1 unspecified atom stereocenters. The van der Waals surface area contributed by atoms with Crippen LogP contribution in [-0.4, -0.2) is 47.3 Å². The third-order valence-electron chi connectivity index (χ3n) is 2.61. The second-order valence-electron chi connectivity index (χ2n) is 3.95. The molecule has 2 N–H and O–H groups in total. The van der Waals surface area contributed by atoms with Gasteiger partial charge in [0, 0.05) is 45.1 Å². The lowest BCUT2D eigenvalue weighted by Gasteiger charge is -2.21. The predicted molar refractivity (Wildman–Crippen MR) is 58.4 cm³/mol. The summed E-state index contributed by atoms with van der Waals surface area (Å²) in [6.07, 6.45) is 3.36. The summed E-state index contributed by atoms with van der Waals surface area (Å²) >= 11 is 0. The molecule has 1 saturated heterocycles. The van der Waals surface area contributed by atoms with Crippen molar-refractivity contribution in [2.24, 2.45) is 0 Å². The Bertz CT molecular complexity index is 291. The van der Waals surface area contributed by atoms with Gasteiger partial charge in [-0.3, -0.25) is 9.88 Å². The summed E-state index contributed by atoms with van der Waals surface area (Å²) in [6.45, 7) is 4.27. The Morgan fingerprint density at radius 1 is 1.47 bits per heavy atom. The van der Waals surface area contributed by atoms with Gasteiger partial charge in [-0.1, -0.05) is 0 Å². The number of hydrogen-bond donors (Lipinski definition) is 2. The molecule has 2 heterocycles. The summed E-state index contributed by atoms with van der Waals surface area (Å²) in [6, 6.07) is 4.04. The van der Waals surface area contributed by atoms with Gasteiger partial charge in [0.05, 0.1) is 6.10 Å². The molecule has 2 rings (SSSR count). The highest BCUT2D eigenvalue weighted by Crippen LogP contribution is 2.05. The molecule has 0 spiro atoms. The second-order valence-corrected chi connectivity index (χ2v) is 3.95. The number of hydrogen-bond acceptors (Lipinski definition) is 4. The van der Waals surface area contributed by atoms with Crippen molar-refractivity contribution in [3.8, 4) is 0 Å². The van der Waals surface area contributed by atoms with Crippen molar-refractivity contribution in [2.75, 3.05) is 26.2 Å². The largest absolute Gasteiger partial charge is 0.390 e. The van der Waals surface area contributed by atoms with E-state index in [0.29, 0.717) is 6.54 Å². The van der Waals surface area contributed by atoms with Crippen LogP contribution in [0.25, 0.3) is 0 Å². The Morgan fingerprint density at radius 3 is 3.07 bits per heavy atom. The van der Waals surface area contributed by atoms with Gasteiger partial charge in [0.2, 0.25) is 0 Å². The van der Waals surface area contributed by atoms with E-state index in [1.165, 1.54) is 5.56 Å². The van der Waals surface area contributed by atoms with E-state index in [1.807, 2.05) is 24.5 Å². The SMILES string of the molecule is OC1CNCCN(Cc2ccncc2)C1. The zero-order valence-electron chi connectivity index (χ0n) is 8.76. The number of aromatic nitrogens is 1. The molecule has 0 aromatic carbocycles. The molecule has 1 atom stereocenters. The zero-order valence-corrected chi connectivity index (χ0v) is 8.76. The number of nitrogens with one attached hydrogen (secondary N) is 1. The van der Waals surface area contributed by atoms with Gasteiger partial charge in [0.1, 0.15) is 0 Å². The Hall–Kier alpha value is -0.970. The van der Waals surface area contributed by atoms with Crippen LogP contribution in [-0.2, 0) is 6.54 Å². The molecule has 4 heteroatoms. The molecule has 82 valence electrons. The van der Waals surface area contributed by atoms with Crippen molar-refractivity contribution >= 4 is 0 Å². The first-order chi connectivity index (χ1) is 7.34. The maximum absolute atomic E-state index is 9.62. The maximum atomic E-state index is 9.62. The van der Waals surface area contributed by atoms with E-state index in [-0.39, 0.29) is 6.10 Å². The molecule has 1 aliphatic heterocycles. The Labute approximate surface area is 89.9 Å². The fraction of sp³-hybridized carbons (Fsp3) is 0.545. The maximum Gasteiger partial charge on any atom is 0.0791 e. The monoisotopic (exact) mass is 207 g/mol. The van der Waals surface area contributed by atoms with Crippen LogP contribution >= 0.6 is 0 Å². The highest BCUT2D eigenvalue weighted by atomic mass is 16.3. The van der Waals surface area contributed by atoms with Gasteiger partial charge in [-0.05, 0) is 17.7 Å². The summed E-state index contributed by atoms with van der Waals surface area (Å²) in [5.74, 6) is 0. The van der Waals surface area contributed by atoms with Gasteiger partial charge in [-0.15, -0.1) is 0 Å². The summed E-state index contributed by atoms with van der Waals surface area (Å²) in [5.41, 5.74) is 1.25. The van der Waals surface area contributed by atoms with Crippen LogP contribution in [0.2, 0.25) is 0 Å². The van der Waals surface area contributed by atoms with Gasteiger partial charge in [0.15, 0.2) is 0 Å². The summed E-state index contributed by atoms with van der Waals surface area (Å²) in [5, 5.41) is 12.8. The molecule has 0 aliphatic carbocycles. The van der Waals surface area contributed by atoms with Crippen LogP contribution in [0, 0.1) is 0 Å². The number of aliphatic hydroxyl groups is 1. The highest BCUT2D eigenvalue weighted by Gasteiger charge is 2.15. The molecular formula is C11H17N3O. The van der Waals surface area contributed by atoms with Crippen LogP contribution in [0.15, 0.2) is 24.5 Å². The molecule has 1 aromatic heterocycles. The van der Waals surface area contributed by atoms with Gasteiger partial charge >= 0.3 is 0 Å². The highest BCUT2D eigenvalue weighted by molar-refractivity contribution is 5.09. The third kappa shape index (κ3) is 3.27. The molecule has 0 bridgehead atoms. The van der Waals surface area contributed by atoms with Crippen molar-refractivity contribution in [1.29, 1.82) is 0 Å². The van der Waals surface area contributed by atoms with Gasteiger partial charge < -0.3 is 10.4 Å². The quantitative estimate of drug-likeness (QED) is 0.708. The lowest BCUT2D eigenvalue weighted by molar-refractivity contribution is 0.127. The van der Waals surface area contributed by atoms with Gasteiger partial charge in [-0.2, -0.15) is 0 Å². The molecular weight excluding hydrogens is 190 g/mol. The van der Waals surface area contributed by atoms with Crippen molar-refractivity contribution < 1.29 is 5.11 Å². The van der Waals surface area contributed by atoms with Crippen LogP contribution in [0.5, 0.6) is 0 Å². The topological polar surface area (TPSA) is 48.4 Å².